The lowest BCUT2D eigenvalue weighted by atomic mass is 9.98. The minimum absolute atomic E-state index is 0.0990. The summed E-state index contributed by atoms with van der Waals surface area (Å²) >= 11 is 0. The maximum absolute atomic E-state index is 12.8. The summed E-state index contributed by atoms with van der Waals surface area (Å²) in [6, 6.07) is 20.0. The Hall–Kier alpha value is -4.33. The first-order chi connectivity index (χ1) is 18.6. The molecule has 8 nitrogen and oxygen atoms in total. The molecule has 0 saturated heterocycles. The van der Waals surface area contributed by atoms with Crippen LogP contribution in [0.5, 0.6) is 5.75 Å². The number of alkyl carbamates (subject to hydrolysis) is 1. The zero-order chi connectivity index (χ0) is 28.2. The van der Waals surface area contributed by atoms with Crippen LogP contribution in [0.15, 0.2) is 66.7 Å². The first-order valence-electron chi connectivity index (χ1n) is 12.7. The smallest absolute Gasteiger partial charge is 0.407 e. The van der Waals surface area contributed by atoms with Gasteiger partial charge in [-0.3, -0.25) is 0 Å². The third-order valence-corrected chi connectivity index (χ3v) is 6.45. The predicted molar refractivity (Wildman–Crippen MR) is 146 cm³/mol. The molecule has 0 spiro atoms. The minimum Gasteiger partial charge on any atom is -0.496 e. The third kappa shape index (κ3) is 6.39. The van der Waals surface area contributed by atoms with Gasteiger partial charge >= 0.3 is 18.0 Å². The highest BCUT2D eigenvalue weighted by atomic mass is 16.6. The van der Waals surface area contributed by atoms with Gasteiger partial charge in [0.25, 0.3) is 0 Å². The fourth-order valence-electron chi connectivity index (χ4n) is 4.72. The van der Waals surface area contributed by atoms with E-state index in [0.717, 1.165) is 22.3 Å². The van der Waals surface area contributed by atoms with Crippen molar-refractivity contribution < 1.29 is 33.3 Å². The number of methoxy groups -OCH3 is 2. The zero-order valence-corrected chi connectivity index (χ0v) is 22.8. The molecule has 4 rings (SSSR count). The van der Waals surface area contributed by atoms with E-state index in [9.17, 15) is 14.4 Å². The Kier molecular flexibility index (Phi) is 8.24. The highest BCUT2D eigenvalue weighted by Gasteiger charge is 2.30. The molecule has 1 amide bonds. The number of rotatable bonds is 8. The van der Waals surface area contributed by atoms with Crippen LogP contribution in [-0.2, 0) is 25.4 Å². The molecule has 1 N–H and O–H groups in total. The van der Waals surface area contributed by atoms with Gasteiger partial charge in [0.1, 0.15) is 29.6 Å². The summed E-state index contributed by atoms with van der Waals surface area (Å²) in [5.41, 5.74) is 4.67. The van der Waals surface area contributed by atoms with Gasteiger partial charge in [0.05, 0.1) is 14.2 Å². The summed E-state index contributed by atoms with van der Waals surface area (Å²) in [6.45, 7) is 5.46. The van der Waals surface area contributed by atoms with Crippen molar-refractivity contribution in [3.05, 3.63) is 89.0 Å². The molecule has 1 atom stereocenters. The molecule has 0 heterocycles. The average molecular weight is 532 g/mol. The normalized spacial score (nSPS) is 13.1. The Bertz CT molecular complexity index is 1330. The molecule has 8 heteroatoms. The maximum Gasteiger partial charge on any atom is 0.407 e. The van der Waals surface area contributed by atoms with Crippen molar-refractivity contribution >= 4 is 18.0 Å². The lowest BCUT2D eigenvalue weighted by Crippen LogP contribution is -2.43. The molecule has 3 aromatic rings. The van der Waals surface area contributed by atoms with Crippen LogP contribution in [0.25, 0.3) is 11.1 Å². The van der Waals surface area contributed by atoms with Crippen molar-refractivity contribution in [2.75, 3.05) is 20.8 Å². The number of carbonyl (C=O) groups excluding carboxylic acids is 3. The van der Waals surface area contributed by atoms with Crippen molar-refractivity contribution in [2.24, 2.45) is 0 Å². The largest absolute Gasteiger partial charge is 0.496 e. The average Bonchev–Trinajstić information content (AvgIpc) is 3.23. The summed E-state index contributed by atoms with van der Waals surface area (Å²) in [6.07, 6.45) is -0.633. The molecule has 0 aliphatic heterocycles. The standard InChI is InChI=1S/C31H33NO7/c1-31(2,3)39-28(33)24-15-14-19(17-27(24)36-4)16-26(29(34)37-5)32-30(35)38-18-25-22-12-8-6-10-20(22)21-11-7-9-13-23(21)25/h6-15,17,25-26H,16,18H2,1-5H3,(H,32,35). The fraction of sp³-hybridized carbons (Fsp3) is 0.323. The van der Waals surface area contributed by atoms with Crippen LogP contribution < -0.4 is 10.1 Å². The number of amides is 1. The number of benzene rings is 3. The lowest BCUT2D eigenvalue weighted by molar-refractivity contribution is -0.143. The number of ether oxygens (including phenoxy) is 4. The van der Waals surface area contributed by atoms with Crippen molar-refractivity contribution in [3.63, 3.8) is 0 Å². The van der Waals surface area contributed by atoms with Gasteiger partial charge in [0, 0.05) is 12.3 Å². The monoisotopic (exact) mass is 531 g/mol. The van der Waals surface area contributed by atoms with Gasteiger partial charge in [0.2, 0.25) is 0 Å². The number of hydrogen-bond donors (Lipinski definition) is 1. The van der Waals surface area contributed by atoms with Crippen LogP contribution in [0.1, 0.15) is 53.7 Å². The second kappa shape index (κ2) is 11.6. The molecule has 0 radical (unpaired) electrons. The first-order valence-corrected chi connectivity index (χ1v) is 12.7. The van der Waals surface area contributed by atoms with Gasteiger partial charge in [0.15, 0.2) is 0 Å². The van der Waals surface area contributed by atoms with E-state index in [1.807, 2.05) is 36.4 Å². The molecule has 204 valence electrons. The molecule has 1 aliphatic carbocycles. The van der Waals surface area contributed by atoms with E-state index in [0.29, 0.717) is 11.3 Å². The van der Waals surface area contributed by atoms with E-state index >= 15 is 0 Å². The third-order valence-electron chi connectivity index (χ3n) is 6.45. The molecule has 1 aliphatic rings. The number of esters is 2. The Morgan fingerprint density at radius 3 is 2.08 bits per heavy atom. The summed E-state index contributed by atoms with van der Waals surface area (Å²) in [7, 11) is 2.70. The molecular formula is C31H33NO7. The zero-order valence-electron chi connectivity index (χ0n) is 22.8. The van der Waals surface area contributed by atoms with Gasteiger partial charge in [-0.15, -0.1) is 0 Å². The Morgan fingerprint density at radius 2 is 1.51 bits per heavy atom. The van der Waals surface area contributed by atoms with Gasteiger partial charge in [-0.25, -0.2) is 14.4 Å². The molecule has 1 unspecified atom stereocenters. The number of fused-ring (bicyclic) bond motifs is 3. The number of hydrogen-bond acceptors (Lipinski definition) is 7. The Labute approximate surface area is 228 Å². The van der Waals surface area contributed by atoms with Gasteiger partial charge in [-0.2, -0.15) is 0 Å². The van der Waals surface area contributed by atoms with E-state index in [-0.39, 0.29) is 24.5 Å². The minimum atomic E-state index is -1.01. The van der Waals surface area contributed by atoms with E-state index in [4.69, 9.17) is 18.9 Å². The maximum atomic E-state index is 12.8. The molecule has 0 bridgehead atoms. The summed E-state index contributed by atoms with van der Waals surface area (Å²) in [5.74, 6) is -0.957. The van der Waals surface area contributed by atoms with Crippen molar-refractivity contribution in [3.8, 4) is 16.9 Å². The van der Waals surface area contributed by atoms with Crippen LogP contribution in [0.2, 0.25) is 0 Å². The number of nitrogens with one attached hydrogen (secondary N) is 1. The fourth-order valence-corrected chi connectivity index (χ4v) is 4.72. The molecule has 0 saturated carbocycles. The van der Waals surface area contributed by atoms with Crippen LogP contribution in [0.3, 0.4) is 0 Å². The van der Waals surface area contributed by atoms with Crippen LogP contribution >= 0.6 is 0 Å². The van der Waals surface area contributed by atoms with Gasteiger partial charge in [-0.05, 0) is 60.7 Å². The predicted octanol–water partition coefficient (Wildman–Crippen LogP) is 5.27. The number of carbonyl (C=O) groups is 3. The SMILES string of the molecule is COC(=O)C(Cc1ccc(C(=O)OC(C)(C)C)c(OC)c1)NC(=O)OCC1c2ccccc2-c2ccccc21. The highest BCUT2D eigenvalue weighted by Crippen LogP contribution is 2.44. The van der Waals surface area contributed by atoms with E-state index < -0.39 is 29.7 Å². The quantitative estimate of drug-likeness (QED) is 0.312. The lowest BCUT2D eigenvalue weighted by Gasteiger charge is -2.21. The molecule has 0 aromatic heterocycles. The van der Waals surface area contributed by atoms with Gasteiger partial charge < -0.3 is 24.3 Å². The Balaban J connectivity index is 1.45. The van der Waals surface area contributed by atoms with Crippen LogP contribution in [0.4, 0.5) is 4.79 Å². The molecule has 3 aromatic carbocycles. The molecule has 39 heavy (non-hydrogen) atoms. The summed E-state index contributed by atoms with van der Waals surface area (Å²) in [4.78, 5) is 37.9. The van der Waals surface area contributed by atoms with E-state index in [2.05, 4.69) is 17.4 Å². The molecule has 0 fully saturated rings. The second-order valence-electron chi connectivity index (χ2n) is 10.3. The first kappa shape index (κ1) is 27.7. The molecular weight excluding hydrogens is 498 g/mol. The van der Waals surface area contributed by atoms with E-state index in [1.54, 1.807) is 39.0 Å². The summed E-state index contributed by atoms with van der Waals surface area (Å²) in [5, 5.41) is 2.63. The van der Waals surface area contributed by atoms with Crippen LogP contribution in [0, 0.1) is 0 Å². The van der Waals surface area contributed by atoms with Crippen molar-refractivity contribution in [2.45, 2.75) is 44.8 Å². The van der Waals surface area contributed by atoms with Gasteiger partial charge in [-0.1, -0.05) is 54.6 Å². The summed E-state index contributed by atoms with van der Waals surface area (Å²) < 4.78 is 21.4. The van der Waals surface area contributed by atoms with Crippen LogP contribution in [-0.4, -0.2) is 50.5 Å². The topological polar surface area (TPSA) is 100 Å². The van der Waals surface area contributed by atoms with Crippen molar-refractivity contribution in [1.29, 1.82) is 0 Å². The highest BCUT2D eigenvalue weighted by molar-refractivity contribution is 5.93. The Morgan fingerprint density at radius 1 is 0.897 bits per heavy atom. The van der Waals surface area contributed by atoms with Crippen molar-refractivity contribution in [1.82, 2.24) is 5.32 Å². The van der Waals surface area contributed by atoms with E-state index in [1.165, 1.54) is 14.2 Å². The second-order valence-corrected chi connectivity index (χ2v) is 10.3.